The van der Waals surface area contributed by atoms with Crippen molar-refractivity contribution in [3.05, 3.63) is 77.2 Å². The topological polar surface area (TPSA) is 81.0 Å². The minimum atomic E-state index is -0.636. The minimum Gasteiger partial charge on any atom is -0.497 e. The van der Waals surface area contributed by atoms with E-state index >= 15 is 0 Å². The van der Waals surface area contributed by atoms with E-state index in [2.05, 4.69) is 5.32 Å². The standard InChI is InChI=1S/C22H20N2O5/c1-13-17(22(26)28-3)12-19(29-13)20-23-18-7-5-4-6-16(18)21(25)24(20)14-8-10-15(27-2)11-9-14/h4-12,20,23H,1-3H3. The van der Waals surface area contributed by atoms with E-state index in [-0.39, 0.29) is 5.91 Å². The molecule has 2 aromatic carbocycles. The number of para-hydroxylation sites is 1. The molecule has 1 unspecified atom stereocenters. The summed E-state index contributed by atoms with van der Waals surface area (Å²) in [6.45, 7) is 1.69. The van der Waals surface area contributed by atoms with E-state index in [0.29, 0.717) is 39.8 Å². The van der Waals surface area contributed by atoms with Crippen LogP contribution in [-0.2, 0) is 4.74 Å². The van der Waals surface area contributed by atoms with E-state index in [0.717, 1.165) is 0 Å². The Kier molecular flexibility index (Phi) is 4.72. The summed E-state index contributed by atoms with van der Waals surface area (Å²) in [5.74, 6) is 0.875. The van der Waals surface area contributed by atoms with Crippen molar-refractivity contribution in [2.45, 2.75) is 13.1 Å². The van der Waals surface area contributed by atoms with Crippen molar-refractivity contribution >= 4 is 23.3 Å². The molecule has 1 N–H and O–H groups in total. The van der Waals surface area contributed by atoms with Gasteiger partial charge in [0.05, 0.1) is 19.8 Å². The molecule has 7 heteroatoms. The molecule has 1 amide bonds. The predicted molar refractivity (Wildman–Crippen MR) is 107 cm³/mol. The molecule has 0 radical (unpaired) electrons. The molecule has 0 fully saturated rings. The maximum atomic E-state index is 13.4. The molecular weight excluding hydrogens is 372 g/mol. The molecule has 1 aliphatic rings. The Balaban J connectivity index is 1.82. The summed E-state index contributed by atoms with van der Waals surface area (Å²) in [6.07, 6.45) is -0.636. The minimum absolute atomic E-state index is 0.178. The molecule has 29 heavy (non-hydrogen) atoms. The molecule has 1 aliphatic heterocycles. The first kappa shape index (κ1) is 18.6. The van der Waals surface area contributed by atoms with Gasteiger partial charge in [0.15, 0.2) is 6.17 Å². The van der Waals surface area contributed by atoms with E-state index in [1.54, 1.807) is 55.3 Å². The first-order valence-corrected chi connectivity index (χ1v) is 9.05. The lowest BCUT2D eigenvalue weighted by atomic mass is 10.1. The number of fused-ring (bicyclic) bond motifs is 1. The van der Waals surface area contributed by atoms with Gasteiger partial charge >= 0.3 is 5.97 Å². The van der Waals surface area contributed by atoms with E-state index in [4.69, 9.17) is 13.9 Å². The quantitative estimate of drug-likeness (QED) is 0.672. The highest BCUT2D eigenvalue weighted by atomic mass is 16.5. The van der Waals surface area contributed by atoms with Gasteiger partial charge in [0.25, 0.3) is 5.91 Å². The van der Waals surface area contributed by atoms with Crippen LogP contribution in [0.1, 0.15) is 38.4 Å². The molecule has 7 nitrogen and oxygen atoms in total. The van der Waals surface area contributed by atoms with Gasteiger partial charge in [0, 0.05) is 11.4 Å². The van der Waals surface area contributed by atoms with Crippen LogP contribution >= 0.6 is 0 Å². The third-order valence-electron chi connectivity index (χ3n) is 4.89. The van der Waals surface area contributed by atoms with Crippen LogP contribution in [-0.4, -0.2) is 26.1 Å². The fraction of sp³-hybridized carbons (Fsp3) is 0.182. The number of furan rings is 1. The zero-order valence-corrected chi connectivity index (χ0v) is 16.3. The predicted octanol–water partition coefficient (Wildman–Crippen LogP) is 4.15. The van der Waals surface area contributed by atoms with Gasteiger partial charge in [-0.25, -0.2) is 4.79 Å². The number of nitrogens with one attached hydrogen (secondary N) is 1. The van der Waals surface area contributed by atoms with Gasteiger partial charge in [-0.1, -0.05) is 12.1 Å². The molecule has 0 aliphatic carbocycles. The molecule has 0 bridgehead atoms. The normalized spacial score (nSPS) is 15.5. The van der Waals surface area contributed by atoms with Crippen LogP contribution < -0.4 is 15.0 Å². The van der Waals surface area contributed by atoms with Gasteiger partial charge < -0.3 is 19.2 Å². The number of nitrogens with zero attached hydrogens (tertiary/aromatic N) is 1. The second-order valence-electron chi connectivity index (χ2n) is 6.58. The third kappa shape index (κ3) is 3.20. The van der Waals surface area contributed by atoms with Crippen molar-refractivity contribution in [3.63, 3.8) is 0 Å². The van der Waals surface area contributed by atoms with E-state index in [1.165, 1.54) is 7.11 Å². The van der Waals surface area contributed by atoms with Crippen molar-refractivity contribution in [2.24, 2.45) is 0 Å². The van der Waals surface area contributed by atoms with Crippen molar-refractivity contribution in [2.75, 3.05) is 24.4 Å². The smallest absolute Gasteiger partial charge is 0.341 e. The molecule has 0 saturated heterocycles. The molecule has 3 aromatic rings. The Labute approximate surface area is 167 Å². The lowest BCUT2D eigenvalue weighted by Gasteiger charge is -2.36. The number of methoxy groups -OCH3 is 2. The summed E-state index contributed by atoms with van der Waals surface area (Å²) in [6, 6.07) is 16.1. The summed E-state index contributed by atoms with van der Waals surface area (Å²) < 4.78 is 15.9. The highest BCUT2D eigenvalue weighted by Gasteiger charge is 2.36. The number of ether oxygens (including phenoxy) is 2. The summed E-state index contributed by atoms with van der Waals surface area (Å²) in [4.78, 5) is 27.0. The summed E-state index contributed by atoms with van der Waals surface area (Å²) in [5, 5.41) is 3.35. The SMILES string of the molecule is COC(=O)c1cc(C2Nc3ccccc3C(=O)N2c2ccc(OC)cc2)oc1C. The summed E-state index contributed by atoms with van der Waals surface area (Å²) in [7, 11) is 2.90. The van der Waals surface area contributed by atoms with Crippen LogP contribution in [0.15, 0.2) is 59.0 Å². The van der Waals surface area contributed by atoms with E-state index in [9.17, 15) is 9.59 Å². The van der Waals surface area contributed by atoms with Crippen molar-refractivity contribution < 1.29 is 23.5 Å². The first-order chi connectivity index (χ1) is 14.0. The average Bonchev–Trinajstić information content (AvgIpc) is 3.15. The maximum absolute atomic E-state index is 13.4. The van der Waals surface area contributed by atoms with Gasteiger partial charge in [-0.15, -0.1) is 0 Å². The number of anilines is 2. The number of carbonyl (C=O) groups excluding carboxylic acids is 2. The Morgan fingerprint density at radius 1 is 1.10 bits per heavy atom. The van der Waals surface area contributed by atoms with Crippen LogP contribution in [0.5, 0.6) is 5.75 Å². The second-order valence-corrected chi connectivity index (χ2v) is 6.58. The molecule has 4 rings (SSSR count). The number of esters is 1. The van der Waals surface area contributed by atoms with Crippen LogP contribution in [0.25, 0.3) is 0 Å². The fourth-order valence-electron chi connectivity index (χ4n) is 3.41. The Morgan fingerprint density at radius 3 is 2.52 bits per heavy atom. The zero-order valence-electron chi connectivity index (χ0n) is 16.3. The Bertz CT molecular complexity index is 1070. The number of benzene rings is 2. The van der Waals surface area contributed by atoms with Gasteiger partial charge in [-0.05, 0) is 49.4 Å². The van der Waals surface area contributed by atoms with E-state index < -0.39 is 12.1 Å². The first-order valence-electron chi connectivity index (χ1n) is 9.05. The van der Waals surface area contributed by atoms with Crippen LogP contribution in [0, 0.1) is 6.92 Å². The lowest BCUT2D eigenvalue weighted by molar-refractivity contribution is 0.0598. The fourth-order valence-corrected chi connectivity index (χ4v) is 3.41. The van der Waals surface area contributed by atoms with Crippen LogP contribution in [0.2, 0.25) is 0 Å². The Hall–Kier alpha value is -3.74. The van der Waals surface area contributed by atoms with Gasteiger partial charge in [-0.3, -0.25) is 9.69 Å². The maximum Gasteiger partial charge on any atom is 0.341 e. The van der Waals surface area contributed by atoms with Crippen LogP contribution in [0.3, 0.4) is 0 Å². The lowest BCUT2D eigenvalue weighted by Crippen LogP contribution is -2.43. The summed E-state index contributed by atoms with van der Waals surface area (Å²) in [5.41, 5.74) is 2.23. The van der Waals surface area contributed by atoms with Crippen molar-refractivity contribution in [1.82, 2.24) is 0 Å². The number of amides is 1. The Morgan fingerprint density at radius 2 is 1.83 bits per heavy atom. The largest absolute Gasteiger partial charge is 0.497 e. The molecule has 1 atom stereocenters. The number of carbonyl (C=O) groups is 2. The third-order valence-corrected chi connectivity index (χ3v) is 4.89. The highest BCUT2D eigenvalue weighted by molar-refractivity contribution is 6.12. The average molecular weight is 392 g/mol. The molecule has 1 aromatic heterocycles. The van der Waals surface area contributed by atoms with Gasteiger partial charge in [0.2, 0.25) is 0 Å². The number of rotatable bonds is 4. The monoisotopic (exact) mass is 392 g/mol. The second kappa shape index (κ2) is 7.35. The van der Waals surface area contributed by atoms with Crippen molar-refractivity contribution in [3.8, 4) is 5.75 Å². The molecular formula is C22H20N2O5. The van der Waals surface area contributed by atoms with Gasteiger partial charge in [0.1, 0.15) is 22.8 Å². The number of hydrogen-bond acceptors (Lipinski definition) is 6. The van der Waals surface area contributed by atoms with E-state index in [1.807, 2.05) is 18.2 Å². The molecule has 0 spiro atoms. The van der Waals surface area contributed by atoms with Crippen LogP contribution in [0.4, 0.5) is 11.4 Å². The van der Waals surface area contributed by atoms with Crippen molar-refractivity contribution in [1.29, 1.82) is 0 Å². The highest BCUT2D eigenvalue weighted by Crippen LogP contribution is 2.38. The molecule has 2 heterocycles. The molecule has 0 saturated carbocycles. The zero-order chi connectivity index (χ0) is 20.5. The number of hydrogen-bond donors (Lipinski definition) is 1. The number of aryl methyl sites for hydroxylation is 1. The van der Waals surface area contributed by atoms with Gasteiger partial charge in [-0.2, -0.15) is 0 Å². The summed E-state index contributed by atoms with van der Waals surface area (Å²) >= 11 is 0. The molecule has 148 valence electrons.